The number of carbonyl (C=O) groups is 2. The van der Waals surface area contributed by atoms with E-state index in [9.17, 15) is 32.7 Å². The van der Waals surface area contributed by atoms with Crippen LogP contribution in [0.5, 0.6) is 0 Å². The Morgan fingerprint density at radius 1 is 0.976 bits per heavy atom. The maximum Gasteiger partial charge on any atom is 0.416 e. The first-order valence-corrected chi connectivity index (χ1v) is 12.6. The van der Waals surface area contributed by atoms with E-state index in [-0.39, 0.29) is 17.7 Å². The summed E-state index contributed by atoms with van der Waals surface area (Å²) in [5.41, 5.74) is -0.735. The molecule has 0 aliphatic heterocycles. The van der Waals surface area contributed by atoms with Crippen LogP contribution in [-0.2, 0) is 17.4 Å². The molecule has 0 spiro atoms. The minimum Gasteiger partial charge on any atom is -0.480 e. The molecular formula is C30H20ClF3N2O5. The highest BCUT2D eigenvalue weighted by molar-refractivity contribution is 6.30. The van der Waals surface area contributed by atoms with Crippen LogP contribution in [0.15, 0.2) is 100 Å². The maximum atomic E-state index is 13.6. The average molecular weight is 581 g/mol. The van der Waals surface area contributed by atoms with E-state index < -0.39 is 35.2 Å². The number of fused-ring (bicyclic) bond motifs is 1. The number of carboxylic acid groups (broad SMARTS) is 1. The fourth-order valence-corrected chi connectivity index (χ4v) is 4.46. The molecule has 1 atom stereocenters. The lowest BCUT2D eigenvalue weighted by Gasteiger charge is -2.19. The molecule has 1 amide bonds. The Hall–Kier alpha value is -4.83. The molecule has 0 bridgehead atoms. The molecule has 0 fully saturated rings. The highest BCUT2D eigenvalue weighted by atomic mass is 35.5. The number of alkyl halides is 3. The van der Waals surface area contributed by atoms with Gasteiger partial charge in [-0.2, -0.15) is 13.2 Å². The molecule has 3 aromatic carbocycles. The molecule has 7 nitrogen and oxygen atoms in total. The molecule has 11 heteroatoms. The first-order valence-electron chi connectivity index (χ1n) is 12.2. The van der Waals surface area contributed by atoms with Crippen molar-refractivity contribution < 1.29 is 32.3 Å². The van der Waals surface area contributed by atoms with Gasteiger partial charge in [-0.3, -0.25) is 14.2 Å². The molecule has 1 unspecified atom stereocenters. The van der Waals surface area contributed by atoms with Gasteiger partial charge in [0.25, 0.3) is 11.5 Å². The number of furan rings is 1. The summed E-state index contributed by atoms with van der Waals surface area (Å²) in [5.74, 6) is -1.85. The molecule has 0 aliphatic rings. The first-order chi connectivity index (χ1) is 19.5. The number of carbonyl (C=O) groups excluding carboxylic acids is 1. The number of carboxylic acids is 1. The Balaban J connectivity index is 1.58. The summed E-state index contributed by atoms with van der Waals surface area (Å²) in [5, 5.41) is 13.7. The third kappa shape index (κ3) is 6.02. The van der Waals surface area contributed by atoms with E-state index in [2.05, 4.69) is 5.32 Å². The summed E-state index contributed by atoms with van der Waals surface area (Å²) < 4.78 is 45.8. The lowest BCUT2D eigenvalue weighted by Crippen LogP contribution is -2.33. The number of nitrogens with one attached hydrogen (secondary N) is 1. The van der Waals surface area contributed by atoms with Gasteiger partial charge >= 0.3 is 12.1 Å². The number of para-hydroxylation sites is 1. The molecular weight excluding hydrogens is 561 g/mol. The SMILES string of the molecule is O=C(Nc1cc(-c2cc3ccccc3o2)cn(C(Cc2ccc(Cl)cc2)C(=O)O)c1=O)c1ccc(C(F)(F)F)cc1. The number of anilines is 1. The third-order valence-corrected chi connectivity index (χ3v) is 6.69. The lowest BCUT2D eigenvalue weighted by molar-refractivity contribution is -0.141. The number of rotatable bonds is 7. The fraction of sp³-hybridized carbons (Fsp3) is 0.100. The van der Waals surface area contributed by atoms with Gasteiger partial charge in [0, 0.05) is 34.2 Å². The number of nitrogens with zero attached hydrogens (tertiary/aromatic N) is 1. The molecule has 41 heavy (non-hydrogen) atoms. The van der Waals surface area contributed by atoms with E-state index in [1.165, 1.54) is 12.3 Å². The highest BCUT2D eigenvalue weighted by Crippen LogP contribution is 2.31. The van der Waals surface area contributed by atoms with Crippen molar-refractivity contribution in [1.82, 2.24) is 4.57 Å². The fourth-order valence-electron chi connectivity index (χ4n) is 4.34. The Labute approximate surface area is 235 Å². The summed E-state index contributed by atoms with van der Waals surface area (Å²) in [7, 11) is 0. The first kappa shape index (κ1) is 27.7. The summed E-state index contributed by atoms with van der Waals surface area (Å²) >= 11 is 5.95. The van der Waals surface area contributed by atoms with E-state index in [1.807, 2.05) is 12.1 Å². The lowest BCUT2D eigenvalue weighted by atomic mass is 10.0. The van der Waals surface area contributed by atoms with Gasteiger partial charge in [0.2, 0.25) is 0 Å². The topological polar surface area (TPSA) is 102 Å². The van der Waals surface area contributed by atoms with Gasteiger partial charge in [-0.15, -0.1) is 0 Å². The predicted octanol–water partition coefficient (Wildman–Crippen LogP) is 7.05. The van der Waals surface area contributed by atoms with Crippen LogP contribution in [0.4, 0.5) is 18.9 Å². The van der Waals surface area contributed by atoms with Crippen molar-refractivity contribution in [3.05, 3.63) is 123 Å². The molecule has 0 saturated heterocycles. The van der Waals surface area contributed by atoms with Crippen LogP contribution in [-0.4, -0.2) is 21.6 Å². The number of halogens is 4. The van der Waals surface area contributed by atoms with Gasteiger partial charge < -0.3 is 14.8 Å². The van der Waals surface area contributed by atoms with Crippen molar-refractivity contribution in [2.75, 3.05) is 5.32 Å². The summed E-state index contributed by atoms with van der Waals surface area (Å²) in [6.07, 6.45) is -3.33. The van der Waals surface area contributed by atoms with Gasteiger partial charge in [-0.05, 0) is 60.2 Å². The van der Waals surface area contributed by atoms with E-state index in [0.29, 0.717) is 27.5 Å². The Morgan fingerprint density at radius 2 is 1.66 bits per heavy atom. The zero-order chi connectivity index (χ0) is 29.3. The molecule has 2 heterocycles. The van der Waals surface area contributed by atoms with E-state index in [0.717, 1.165) is 34.2 Å². The quantitative estimate of drug-likeness (QED) is 0.215. The Kier molecular flexibility index (Phi) is 7.42. The van der Waals surface area contributed by atoms with Crippen molar-refractivity contribution in [1.29, 1.82) is 0 Å². The molecule has 208 valence electrons. The third-order valence-electron chi connectivity index (χ3n) is 6.44. The monoisotopic (exact) mass is 580 g/mol. The second-order valence-electron chi connectivity index (χ2n) is 9.22. The second-order valence-corrected chi connectivity index (χ2v) is 9.65. The van der Waals surface area contributed by atoms with E-state index in [4.69, 9.17) is 16.0 Å². The number of aromatic nitrogens is 1. The predicted molar refractivity (Wildman–Crippen MR) is 147 cm³/mol. The number of pyridine rings is 1. The van der Waals surface area contributed by atoms with Gasteiger partial charge in [-0.25, -0.2) is 4.79 Å². The molecule has 5 rings (SSSR count). The zero-order valence-corrected chi connectivity index (χ0v) is 21.7. The standard InChI is InChI=1S/C30H20ClF3N2O5/c31-22-11-5-17(6-12-22)13-24(29(39)40)36-16-20(26-15-19-3-1-2-4-25(19)41-26)14-23(28(36)38)35-27(37)18-7-9-21(10-8-18)30(32,33)34/h1-12,14-16,24H,13H2,(H,35,37)(H,39,40). The van der Waals surface area contributed by atoms with Crippen LogP contribution in [0.25, 0.3) is 22.3 Å². The Bertz CT molecular complexity index is 1780. The molecule has 0 aliphatic carbocycles. The van der Waals surface area contributed by atoms with Gasteiger partial charge in [-0.1, -0.05) is 41.9 Å². The number of aliphatic carboxylic acids is 1. The van der Waals surface area contributed by atoms with Crippen LogP contribution < -0.4 is 10.9 Å². The summed E-state index contributed by atoms with van der Waals surface area (Å²) in [4.78, 5) is 38.9. The van der Waals surface area contributed by atoms with Crippen LogP contribution in [0.3, 0.4) is 0 Å². The number of hydrogen-bond donors (Lipinski definition) is 2. The number of hydrogen-bond acceptors (Lipinski definition) is 4. The molecule has 0 saturated carbocycles. The number of benzene rings is 3. The molecule has 5 aromatic rings. The molecule has 2 N–H and O–H groups in total. The largest absolute Gasteiger partial charge is 0.480 e. The minimum absolute atomic E-state index is 0.0811. The minimum atomic E-state index is -4.58. The van der Waals surface area contributed by atoms with Gasteiger partial charge in [0.15, 0.2) is 0 Å². The van der Waals surface area contributed by atoms with Gasteiger partial charge in [0.1, 0.15) is 23.1 Å². The van der Waals surface area contributed by atoms with Crippen LogP contribution in [0.1, 0.15) is 27.5 Å². The van der Waals surface area contributed by atoms with Gasteiger partial charge in [0.05, 0.1) is 5.56 Å². The van der Waals surface area contributed by atoms with Crippen molar-refractivity contribution in [3.8, 4) is 11.3 Å². The summed E-state index contributed by atoms with van der Waals surface area (Å²) in [6.45, 7) is 0. The molecule has 0 radical (unpaired) electrons. The highest BCUT2D eigenvalue weighted by Gasteiger charge is 2.30. The van der Waals surface area contributed by atoms with Crippen molar-refractivity contribution in [2.24, 2.45) is 0 Å². The Morgan fingerprint density at radius 3 is 2.29 bits per heavy atom. The van der Waals surface area contributed by atoms with Crippen molar-refractivity contribution >= 4 is 40.1 Å². The average Bonchev–Trinajstić information content (AvgIpc) is 3.38. The van der Waals surface area contributed by atoms with E-state index >= 15 is 0 Å². The smallest absolute Gasteiger partial charge is 0.416 e. The van der Waals surface area contributed by atoms with Crippen LogP contribution >= 0.6 is 11.6 Å². The normalized spacial score (nSPS) is 12.3. The summed E-state index contributed by atoms with van der Waals surface area (Å²) in [6, 6.07) is 18.7. The molecule has 2 aromatic heterocycles. The van der Waals surface area contributed by atoms with E-state index in [1.54, 1.807) is 42.5 Å². The zero-order valence-electron chi connectivity index (χ0n) is 21.0. The van der Waals surface area contributed by atoms with Crippen LogP contribution in [0, 0.1) is 0 Å². The van der Waals surface area contributed by atoms with Crippen molar-refractivity contribution in [3.63, 3.8) is 0 Å². The maximum absolute atomic E-state index is 13.6. The van der Waals surface area contributed by atoms with Crippen molar-refractivity contribution in [2.45, 2.75) is 18.6 Å². The second kappa shape index (κ2) is 11.0. The number of amides is 1. The van der Waals surface area contributed by atoms with Crippen LogP contribution in [0.2, 0.25) is 5.02 Å².